The first-order chi connectivity index (χ1) is 13.8. The molecule has 3 aromatic rings. The van der Waals surface area contributed by atoms with Gasteiger partial charge in [-0.1, -0.05) is 22.7 Å². The van der Waals surface area contributed by atoms with Gasteiger partial charge in [-0.3, -0.25) is 0 Å². The summed E-state index contributed by atoms with van der Waals surface area (Å²) in [7, 11) is 1.40. The van der Waals surface area contributed by atoms with Crippen LogP contribution in [0, 0.1) is 0 Å². The molecule has 0 aliphatic rings. The summed E-state index contributed by atoms with van der Waals surface area (Å²) >= 11 is 5.83. The maximum absolute atomic E-state index is 13.2. The summed E-state index contributed by atoms with van der Waals surface area (Å²) < 4.78 is 44.7. The van der Waals surface area contributed by atoms with Crippen LogP contribution >= 0.6 is 11.6 Å². The van der Waals surface area contributed by atoms with Crippen molar-refractivity contribution < 1.29 is 28.0 Å². The number of ether oxygens (including phenoxy) is 1. The van der Waals surface area contributed by atoms with Crippen LogP contribution in [0.15, 0.2) is 53.6 Å². The molecule has 0 saturated heterocycles. The highest BCUT2D eigenvalue weighted by Gasteiger charge is 2.37. The SMILES string of the molecule is COc1cccc(C=NNc2nc(C(F)(F)F)cc(-c3ccc(Cl)cc3)[nH+]2)c1O. The van der Waals surface area contributed by atoms with Gasteiger partial charge in [0, 0.05) is 22.2 Å². The zero-order valence-corrected chi connectivity index (χ0v) is 15.7. The minimum atomic E-state index is -4.65. The molecule has 3 rings (SSSR count). The Labute approximate surface area is 168 Å². The first-order valence-corrected chi connectivity index (χ1v) is 8.58. The summed E-state index contributed by atoms with van der Waals surface area (Å²) in [4.78, 5) is 6.27. The summed E-state index contributed by atoms with van der Waals surface area (Å²) in [6.07, 6.45) is -3.42. The van der Waals surface area contributed by atoms with E-state index >= 15 is 0 Å². The third kappa shape index (κ3) is 4.94. The number of nitrogens with zero attached hydrogens (tertiary/aromatic N) is 2. The summed E-state index contributed by atoms with van der Waals surface area (Å²) in [5.41, 5.74) is 2.29. The zero-order valence-electron chi connectivity index (χ0n) is 15.0. The Hall–Kier alpha value is -3.33. The van der Waals surface area contributed by atoms with E-state index in [-0.39, 0.29) is 23.1 Å². The van der Waals surface area contributed by atoms with Crippen LogP contribution in [-0.2, 0) is 6.18 Å². The molecule has 2 aromatic carbocycles. The Morgan fingerprint density at radius 1 is 1.21 bits per heavy atom. The number of alkyl halides is 3. The van der Waals surface area contributed by atoms with Crippen molar-refractivity contribution >= 4 is 23.8 Å². The second-order valence-electron chi connectivity index (χ2n) is 5.80. The van der Waals surface area contributed by atoms with Gasteiger partial charge in [-0.05, 0) is 36.4 Å². The molecule has 0 radical (unpaired) electrons. The first-order valence-electron chi connectivity index (χ1n) is 8.20. The number of phenols is 1. The van der Waals surface area contributed by atoms with E-state index in [0.29, 0.717) is 16.1 Å². The molecule has 0 spiro atoms. The molecule has 0 fully saturated rings. The lowest BCUT2D eigenvalue weighted by Crippen LogP contribution is -2.20. The van der Waals surface area contributed by atoms with Gasteiger partial charge >= 0.3 is 12.1 Å². The molecule has 3 N–H and O–H groups in total. The molecule has 6 nitrogen and oxygen atoms in total. The zero-order chi connectivity index (χ0) is 21.0. The molecule has 1 heterocycles. The number of methoxy groups -OCH3 is 1. The van der Waals surface area contributed by atoms with E-state index in [2.05, 4.69) is 20.5 Å². The smallest absolute Gasteiger partial charge is 0.449 e. The number of benzene rings is 2. The molecule has 0 atom stereocenters. The number of H-pyrrole nitrogens is 1. The van der Waals surface area contributed by atoms with Crippen LogP contribution in [0.2, 0.25) is 5.02 Å². The van der Waals surface area contributed by atoms with Gasteiger partial charge < -0.3 is 9.84 Å². The van der Waals surface area contributed by atoms with E-state index in [1.165, 1.54) is 13.3 Å². The fourth-order valence-corrected chi connectivity index (χ4v) is 2.56. The van der Waals surface area contributed by atoms with Crippen molar-refractivity contribution in [3.63, 3.8) is 0 Å². The lowest BCUT2D eigenvalue weighted by Gasteiger charge is -2.06. The Morgan fingerprint density at radius 3 is 2.59 bits per heavy atom. The molecule has 150 valence electrons. The van der Waals surface area contributed by atoms with Crippen molar-refractivity contribution in [1.29, 1.82) is 0 Å². The largest absolute Gasteiger partial charge is 0.504 e. The van der Waals surface area contributed by atoms with Gasteiger partial charge in [0.2, 0.25) is 5.69 Å². The maximum Gasteiger partial charge on any atom is 0.449 e. The van der Waals surface area contributed by atoms with E-state index in [9.17, 15) is 18.3 Å². The van der Waals surface area contributed by atoms with Crippen molar-refractivity contribution in [1.82, 2.24) is 4.98 Å². The van der Waals surface area contributed by atoms with Crippen LogP contribution in [0.25, 0.3) is 11.3 Å². The Bertz CT molecular complexity index is 1040. The molecule has 0 unspecified atom stereocenters. The van der Waals surface area contributed by atoms with Crippen LogP contribution in [0.4, 0.5) is 19.1 Å². The van der Waals surface area contributed by atoms with Crippen LogP contribution in [0.5, 0.6) is 11.5 Å². The lowest BCUT2D eigenvalue weighted by molar-refractivity contribution is -0.353. The van der Waals surface area contributed by atoms with E-state index in [1.54, 1.807) is 42.5 Å². The summed E-state index contributed by atoms with van der Waals surface area (Å²) in [6.45, 7) is 0. The highest BCUT2D eigenvalue weighted by atomic mass is 35.5. The number of aromatic hydroxyl groups is 1. The number of aromatic amines is 1. The number of hydrazone groups is 1. The summed E-state index contributed by atoms with van der Waals surface area (Å²) in [6, 6.07) is 11.9. The normalized spacial score (nSPS) is 11.6. The predicted octanol–water partition coefficient (Wildman–Crippen LogP) is 4.40. The third-order valence-electron chi connectivity index (χ3n) is 3.84. The molecule has 0 bridgehead atoms. The fourth-order valence-electron chi connectivity index (χ4n) is 2.44. The Kier molecular flexibility index (Phi) is 5.88. The first kappa shape index (κ1) is 20.4. The van der Waals surface area contributed by atoms with Gasteiger partial charge in [-0.25, -0.2) is 4.98 Å². The highest BCUT2D eigenvalue weighted by molar-refractivity contribution is 6.30. The van der Waals surface area contributed by atoms with Gasteiger partial charge in [0.1, 0.15) is 5.69 Å². The monoisotopic (exact) mass is 423 g/mol. The number of para-hydroxylation sites is 1. The van der Waals surface area contributed by atoms with Crippen LogP contribution in [0.1, 0.15) is 11.3 Å². The molecule has 29 heavy (non-hydrogen) atoms. The Morgan fingerprint density at radius 2 is 1.93 bits per heavy atom. The highest BCUT2D eigenvalue weighted by Crippen LogP contribution is 2.30. The molecule has 0 aliphatic heterocycles. The molecule has 0 saturated carbocycles. The lowest BCUT2D eigenvalue weighted by atomic mass is 10.1. The summed E-state index contributed by atoms with van der Waals surface area (Å²) in [5.74, 6) is -0.144. The second-order valence-corrected chi connectivity index (χ2v) is 6.24. The number of anilines is 1. The minimum Gasteiger partial charge on any atom is -0.504 e. The van der Waals surface area contributed by atoms with Gasteiger partial charge in [0.25, 0.3) is 0 Å². The predicted molar refractivity (Wildman–Crippen MR) is 102 cm³/mol. The quantitative estimate of drug-likeness (QED) is 0.471. The van der Waals surface area contributed by atoms with E-state index in [0.717, 1.165) is 6.07 Å². The number of nitrogens with one attached hydrogen (secondary N) is 2. The minimum absolute atomic E-state index is 0.150. The topological polar surface area (TPSA) is 80.9 Å². The molecular formula is C19H15ClF3N4O2+. The van der Waals surface area contributed by atoms with Crippen LogP contribution in [0.3, 0.4) is 0 Å². The van der Waals surface area contributed by atoms with Gasteiger partial charge in [-0.2, -0.15) is 18.6 Å². The van der Waals surface area contributed by atoms with Crippen molar-refractivity contribution in [2.24, 2.45) is 5.10 Å². The number of phenolic OH excluding ortho intramolecular Hbond substituents is 1. The maximum atomic E-state index is 13.2. The fraction of sp³-hybridized carbons (Fsp3) is 0.105. The third-order valence-corrected chi connectivity index (χ3v) is 4.09. The molecule has 10 heteroatoms. The average molecular weight is 424 g/mol. The molecule has 0 aliphatic carbocycles. The summed E-state index contributed by atoms with van der Waals surface area (Å²) in [5, 5.41) is 14.3. The standard InChI is InChI=1S/C19H14ClF3N4O2/c1-29-15-4-2-3-12(17(15)28)10-24-27-18-25-14(9-16(26-18)19(21,22)23)11-5-7-13(20)8-6-11/h2-10,28H,1H3,(H,25,26,27)/p+1. The molecule has 1 aromatic heterocycles. The molecular weight excluding hydrogens is 409 g/mol. The number of aromatic nitrogens is 2. The molecule has 0 amide bonds. The Balaban J connectivity index is 1.92. The number of rotatable bonds is 5. The number of hydrogen-bond acceptors (Lipinski definition) is 5. The van der Waals surface area contributed by atoms with E-state index in [4.69, 9.17) is 16.3 Å². The van der Waals surface area contributed by atoms with E-state index in [1.807, 2.05) is 0 Å². The van der Waals surface area contributed by atoms with Crippen molar-refractivity contribution in [3.05, 3.63) is 64.8 Å². The average Bonchev–Trinajstić information content (AvgIpc) is 2.69. The van der Waals surface area contributed by atoms with Gasteiger partial charge in [0.05, 0.1) is 13.3 Å². The van der Waals surface area contributed by atoms with Crippen LogP contribution < -0.4 is 15.1 Å². The second kappa shape index (κ2) is 8.36. The van der Waals surface area contributed by atoms with Gasteiger partial charge in [-0.15, -0.1) is 5.10 Å². The van der Waals surface area contributed by atoms with Crippen LogP contribution in [-0.4, -0.2) is 23.4 Å². The van der Waals surface area contributed by atoms with Gasteiger partial charge in [0.15, 0.2) is 11.5 Å². The van der Waals surface area contributed by atoms with Crippen molar-refractivity contribution in [2.45, 2.75) is 6.18 Å². The number of hydrogen-bond donors (Lipinski definition) is 2. The van der Waals surface area contributed by atoms with E-state index < -0.39 is 11.9 Å². The number of halogens is 4. The van der Waals surface area contributed by atoms with Crippen molar-refractivity contribution in [2.75, 3.05) is 12.5 Å². The van der Waals surface area contributed by atoms with Crippen molar-refractivity contribution in [3.8, 4) is 22.8 Å².